The minimum Gasteiger partial charge on any atom is -0.369 e. The maximum atomic E-state index is 9.84. The first-order valence-corrected chi connectivity index (χ1v) is 8.13. The summed E-state index contributed by atoms with van der Waals surface area (Å²) in [5, 5.41) is 13.4. The standard InChI is InChI=1S/C18H27N3/c1-4-12-20-18(13-19,16-10-11-16)14-21(5-2)17-9-7-6-8-15(17)3/h6-9,16,20H,4-5,10-12,14H2,1-3H3. The van der Waals surface area contributed by atoms with Crippen molar-refractivity contribution in [3.05, 3.63) is 29.8 Å². The van der Waals surface area contributed by atoms with E-state index < -0.39 is 5.54 Å². The Kier molecular flexibility index (Phi) is 5.25. The summed E-state index contributed by atoms with van der Waals surface area (Å²) >= 11 is 0. The molecule has 1 aliphatic rings. The molecular weight excluding hydrogens is 258 g/mol. The molecule has 0 heterocycles. The van der Waals surface area contributed by atoms with Crippen LogP contribution in [0.4, 0.5) is 5.69 Å². The van der Waals surface area contributed by atoms with Crippen LogP contribution in [0.2, 0.25) is 0 Å². The van der Waals surface area contributed by atoms with Gasteiger partial charge in [-0.15, -0.1) is 0 Å². The Morgan fingerprint density at radius 3 is 2.57 bits per heavy atom. The molecule has 1 unspecified atom stereocenters. The fourth-order valence-electron chi connectivity index (χ4n) is 3.01. The predicted molar refractivity (Wildman–Crippen MR) is 88.4 cm³/mol. The number of anilines is 1. The minimum absolute atomic E-state index is 0.395. The van der Waals surface area contributed by atoms with Gasteiger partial charge in [0.15, 0.2) is 0 Å². The number of nitrogens with one attached hydrogen (secondary N) is 1. The number of likely N-dealkylation sites (N-methyl/N-ethyl adjacent to an activating group) is 1. The summed E-state index contributed by atoms with van der Waals surface area (Å²) < 4.78 is 0. The van der Waals surface area contributed by atoms with Crippen molar-refractivity contribution in [2.24, 2.45) is 5.92 Å². The van der Waals surface area contributed by atoms with Gasteiger partial charge in [0.2, 0.25) is 0 Å². The normalized spacial score (nSPS) is 17.0. The molecule has 1 saturated carbocycles. The van der Waals surface area contributed by atoms with Crippen molar-refractivity contribution in [2.45, 2.75) is 45.6 Å². The second-order valence-corrected chi connectivity index (χ2v) is 6.08. The van der Waals surface area contributed by atoms with Crippen molar-refractivity contribution in [2.75, 3.05) is 24.5 Å². The van der Waals surface area contributed by atoms with Gasteiger partial charge in [-0.3, -0.25) is 5.32 Å². The third-order valence-electron chi connectivity index (χ3n) is 4.44. The summed E-state index contributed by atoms with van der Waals surface area (Å²) in [4.78, 5) is 2.35. The Morgan fingerprint density at radius 2 is 2.05 bits per heavy atom. The fourth-order valence-corrected chi connectivity index (χ4v) is 3.01. The quantitative estimate of drug-likeness (QED) is 0.794. The summed E-state index contributed by atoms with van der Waals surface area (Å²) in [5.74, 6) is 0.507. The molecule has 0 aliphatic heterocycles. The first-order valence-electron chi connectivity index (χ1n) is 8.13. The molecule has 1 atom stereocenters. The van der Waals surface area contributed by atoms with Gasteiger partial charge in [0, 0.05) is 18.8 Å². The molecule has 3 nitrogen and oxygen atoms in total. The summed E-state index contributed by atoms with van der Waals surface area (Å²) in [6.45, 7) is 9.07. The molecule has 0 radical (unpaired) electrons. The molecule has 0 amide bonds. The van der Waals surface area contributed by atoms with E-state index >= 15 is 0 Å². The van der Waals surface area contributed by atoms with E-state index in [1.807, 2.05) is 0 Å². The second kappa shape index (κ2) is 6.95. The molecule has 1 aromatic carbocycles. The van der Waals surface area contributed by atoms with Crippen LogP contribution < -0.4 is 10.2 Å². The molecule has 1 fully saturated rings. The van der Waals surface area contributed by atoms with E-state index in [0.29, 0.717) is 5.92 Å². The highest BCUT2D eigenvalue weighted by atomic mass is 15.2. The lowest BCUT2D eigenvalue weighted by atomic mass is 9.93. The first kappa shape index (κ1) is 15.9. The van der Waals surface area contributed by atoms with E-state index in [-0.39, 0.29) is 0 Å². The van der Waals surface area contributed by atoms with Crippen LogP contribution in [0.15, 0.2) is 24.3 Å². The van der Waals surface area contributed by atoms with Crippen LogP contribution >= 0.6 is 0 Å². The lowest BCUT2D eigenvalue weighted by Crippen LogP contribution is -2.55. The number of aryl methyl sites for hydroxylation is 1. The number of hydrogen-bond donors (Lipinski definition) is 1. The molecule has 0 spiro atoms. The summed E-state index contributed by atoms with van der Waals surface area (Å²) in [7, 11) is 0. The van der Waals surface area contributed by atoms with Gasteiger partial charge in [-0.2, -0.15) is 5.26 Å². The summed E-state index contributed by atoms with van der Waals surface area (Å²) in [6, 6.07) is 11.1. The van der Waals surface area contributed by atoms with Crippen LogP contribution in [0.5, 0.6) is 0 Å². The van der Waals surface area contributed by atoms with E-state index in [0.717, 1.165) is 26.1 Å². The predicted octanol–water partition coefficient (Wildman–Crippen LogP) is 3.49. The van der Waals surface area contributed by atoms with Crippen molar-refractivity contribution in [3.63, 3.8) is 0 Å². The number of para-hydroxylation sites is 1. The lowest BCUT2D eigenvalue weighted by molar-refractivity contribution is 0.365. The van der Waals surface area contributed by atoms with Gasteiger partial charge in [0.25, 0.3) is 0 Å². The molecule has 0 saturated heterocycles. The maximum absolute atomic E-state index is 9.84. The second-order valence-electron chi connectivity index (χ2n) is 6.08. The molecule has 2 rings (SSSR count). The molecule has 1 aliphatic carbocycles. The number of rotatable bonds is 8. The number of benzene rings is 1. The van der Waals surface area contributed by atoms with E-state index in [2.05, 4.69) is 61.3 Å². The van der Waals surface area contributed by atoms with Crippen molar-refractivity contribution in [1.29, 1.82) is 5.26 Å². The highest BCUT2D eigenvalue weighted by Crippen LogP contribution is 2.40. The molecule has 0 bridgehead atoms. The monoisotopic (exact) mass is 285 g/mol. The van der Waals surface area contributed by atoms with Gasteiger partial charge in [0.05, 0.1) is 6.07 Å². The zero-order valence-corrected chi connectivity index (χ0v) is 13.5. The van der Waals surface area contributed by atoms with E-state index in [4.69, 9.17) is 0 Å². The number of nitriles is 1. The van der Waals surface area contributed by atoms with Crippen LogP contribution in [-0.2, 0) is 0 Å². The summed E-state index contributed by atoms with van der Waals surface area (Å²) in [6.07, 6.45) is 3.41. The Labute approximate surface area is 129 Å². The van der Waals surface area contributed by atoms with Gasteiger partial charge in [0.1, 0.15) is 5.54 Å². The average molecular weight is 285 g/mol. The van der Waals surface area contributed by atoms with Gasteiger partial charge in [-0.05, 0) is 57.2 Å². The van der Waals surface area contributed by atoms with E-state index in [1.54, 1.807) is 0 Å². The van der Waals surface area contributed by atoms with E-state index in [9.17, 15) is 5.26 Å². The van der Waals surface area contributed by atoms with Crippen LogP contribution in [-0.4, -0.2) is 25.2 Å². The van der Waals surface area contributed by atoms with Gasteiger partial charge >= 0.3 is 0 Å². The van der Waals surface area contributed by atoms with Crippen LogP contribution in [0.1, 0.15) is 38.7 Å². The topological polar surface area (TPSA) is 39.1 Å². The van der Waals surface area contributed by atoms with Crippen molar-refractivity contribution >= 4 is 5.69 Å². The highest BCUT2D eigenvalue weighted by molar-refractivity contribution is 5.53. The third kappa shape index (κ3) is 3.57. The van der Waals surface area contributed by atoms with Crippen LogP contribution in [0, 0.1) is 24.2 Å². The number of nitrogens with zero attached hydrogens (tertiary/aromatic N) is 2. The van der Waals surface area contributed by atoms with Crippen molar-refractivity contribution in [3.8, 4) is 6.07 Å². The molecule has 1 N–H and O–H groups in total. The average Bonchev–Trinajstić information content (AvgIpc) is 3.34. The van der Waals surface area contributed by atoms with Gasteiger partial charge in [-0.25, -0.2) is 0 Å². The third-order valence-corrected chi connectivity index (χ3v) is 4.44. The van der Waals surface area contributed by atoms with Crippen LogP contribution in [0.3, 0.4) is 0 Å². The Bertz CT molecular complexity index is 501. The van der Waals surface area contributed by atoms with Gasteiger partial charge < -0.3 is 4.90 Å². The lowest BCUT2D eigenvalue weighted by Gasteiger charge is -2.36. The summed E-state index contributed by atoms with van der Waals surface area (Å²) in [5.41, 5.74) is 2.13. The SMILES string of the molecule is CCCNC(C#N)(CN(CC)c1ccccc1C)C1CC1. The van der Waals surface area contributed by atoms with Crippen molar-refractivity contribution < 1.29 is 0 Å². The van der Waals surface area contributed by atoms with Crippen molar-refractivity contribution in [1.82, 2.24) is 5.32 Å². The van der Waals surface area contributed by atoms with E-state index in [1.165, 1.54) is 24.1 Å². The largest absolute Gasteiger partial charge is 0.369 e. The molecule has 0 aromatic heterocycles. The fraction of sp³-hybridized carbons (Fsp3) is 0.611. The highest BCUT2D eigenvalue weighted by Gasteiger charge is 2.46. The number of hydrogen-bond acceptors (Lipinski definition) is 3. The molecule has 114 valence electrons. The molecular formula is C18H27N3. The minimum atomic E-state index is -0.395. The maximum Gasteiger partial charge on any atom is 0.127 e. The smallest absolute Gasteiger partial charge is 0.127 e. The molecule has 1 aromatic rings. The van der Waals surface area contributed by atoms with Gasteiger partial charge in [-0.1, -0.05) is 25.1 Å². The Morgan fingerprint density at radius 1 is 1.33 bits per heavy atom. The van der Waals surface area contributed by atoms with Crippen LogP contribution in [0.25, 0.3) is 0 Å². The molecule has 3 heteroatoms. The zero-order chi connectivity index (χ0) is 15.3. The Hall–Kier alpha value is -1.53. The zero-order valence-electron chi connectivity index (χ0n) is 13.5. The molecule has 21 heavy (non-hydrogen) atoms. The first-order chi connectivity index (χ1) is 10.2. The Balaban J connectivity index is 2.21.